The Bertz CT molecular complexity index is 1100. The van der Waals surface area contributed by atoms with Crippen LogP contribution in [0, 0.1) is 0 Å². The van der Waals surface area contributed by atoms with Gasteiger partial charge in [0.25, 0.3) is 0 Å². The number of nitrogens with zero attached hydrogens (tertiary/aromatic N) is 4. The van der Waals surface area contributed by atoms with E-state index in [9.17, 15) is 36.3 Å². The van der Waals surface area contributed by atoms with Crippen molar-refractivity contribution in [1.82, 2.24) is 14.7 Å². The van der Waals surface area contributed by atoms with Crippen LogP contribution in [0.5, 0.6) is 0 Å². The summed E-state index contributed by atoms with van der Waals surface area (Å²) in [6.07, 6.45) is -5.08. The second kappa shape index (κ2) is 13.1. The maximum Gasteiger partial charge on any atom is 0.490 e. The first-order valence-corrected chi connectivity index (χ1v) is 13.4. The Morgan fingerprint density at radius 2 is 1.53 bits per heavy atom. The molecule has 3 N–H and O–H groups in total. The van der Waals surface area contributed by atoms with Crippen LogP contribution in [0.3, 0.4) is 0 Å². The van der Waals surface area contributed by atoms with Crippen LogP contribution in [0.1, 0.15) is 17.3 Å². The summed E-state index contributed by atoms with van der Waals surface area (Å²) in [6.45, 7) is 7.94. The fourth-order valence-corrected chi connectivity index (χ4v) is 4.40. The molecule has 1 aromatic carbocycles. The Balaban J connectivity index is 0.000000638. The SMILES string of the molecule is CCS(=O)(=O)Nc1ccc(N2CCN(CC(=O)N3CCN(C)CC3)CC2)cc1C(=O)O.O=C(O)C(F)(F)F. The normalized spacial score (nSPS) is 17.4. The first kappa shape index (κ1) is 31.1. The predicted molar refractivity (Wildman–Crippen MR) is 133 cm³/mol. The van der Waals surface area contributed by atoms with Crippen molar-refractivity contribution in [3.05, 3.63) is 23.8 Å². The second-order valence-electron chi connectivity index (χ2n) is 8.79. The van der Waals surface area contributed by atoms with Gasteiger partial charge < -0.3 is 24.9 Å². The molecule has 0 aliphatic carbocycles. The fourth-order valence-electron chi connectivity index (χ4n) is 3.75. The van der Waals surface area contributed by atoms with Crippen molar-refractivity contribution in [2.75, 3.05) is 81.3 Å². The third-order valence-corrected chi connectivity index (χ3v) is 7.36. The molecule has 2 aliphatic rings. The standard InChI is InChI=1S/C20H31N5O5S.C2HF3O2/c1-3-31(29,30)21-18-5-4-16(14-17(18)20(27)28)24-12-8-23(9-13-24)15-19(26)25-10-6-22(2)7-11-25;3-2(4,5)1(6)7/h4-5,14,21H,3,6-13,15H2,1-2H3,(H,27,28);(H,6,7). The van der Waals surface area contributed by atoms with E-state index in [1.54, 1.807) is 6.07 Å². The highest BCUT2D eigenvalue weighted by atomic mass is 32.2. The van der Waals surface area contributed by atoms with E-state index in [1.807, 2.05) is 4.90 Å². The van der Waals surface area contributed by atoms with E-state index in [-0.39, 0.29) is 22.9 Å². The van der Waals surface area contributed by atoms with E-state index < -0.39 is 28.1 Å². The minimum absolute atomic E-state index is 0.0644. The molecule has 2 aliphatic heterocycles. The van der Waals surface area contributed by atoms with E-state index in [2.05, 4.69) is 26.5 Å². The third-order valence-electron chi connectivity index (χ3n) is 6.07. The zero-order chi connectivity index (χ0) is 28.7. The Kier molecular flexibility index (Phi) is 10.7. The minimum atomic E-state index is -5.08. The number of piperazine rings is 2. The van der Waals surface area contributed by atoms with Crippen molar-refractivity contribution in [2.24, 2.45) is 0 Å². The largest absolute Gasteiger partial charge is 0.490 e. The summed E-state index contributed by atoms with van der Waals surface area (Å²) in [5, 5.41) is 16.7. The van der Waals surface area contributed by atoms with Crippen LogP contribution in [-0.4, -0.2) is 129 Å². The van der Waals surface area contributed by atoms with Gasteiger partial charge in [0.05, 0.1) is 23.5 Å². The highest BCUT2D eigenvalue weighted by Gasteiger charge is 2.38. The number of rotatable bonds is 7. The van der Waals surface area contributed by atoms with Crippen LogP contribution in [0.25, 0.3) is 0 Å². The second-order valence-corrected chi connectivity index (χ2v) is 10.8. The average molecular weight is 568 g/mol. The lowest BCUT2D eigenvalue weighted by Crippen LogP contribution is -2.53. The number of nitrogens with one attached hydrogen (secondary N) is 1. The molecule has 0 aromatic heterocycles. The van der Waals surface area contributed by atoms with Crippen molar-refractivity contribution >= 4 is 39.2 Å². The zero-order valence-corrected chi connectivity index (χ0v) is 21.9. The van der Waals surface area contributed by atoms with Crippen LogP contribution in [0.4, 0.5) is 24.5 Å². The molecule has 1 aromatic rings. The van der Waals surface area contributed by atoms with Crippen molar-refractivity contribution in [3.63, 3.8) is 0 Å². The van der Waals surface area contributed by atoms with Gasteiger partial charge in [-0.1, -0.05) is 0 Å². The van der Waals surface area contributed by atoms with Crippen molar-refractivity contribution in [3.8, 4) is 0 Å². The molecule has 3 rings (SSSR count). The molecule has 38 heavy (non-hydrogen) atoms. The number of hydrogen-bond acceptors (Lipinski definition) is 8. The molecule has 2 saturated heterocycles. The molecule has 0 saturated carbocycles. The molecule has 214 valence electrons. The molecular weight excluding hydrogens is 535 g/mol. The minimum Gasteiger partial charge on any atom is -0.478 e. The van der Waals surface area contributed by atoms with Crippen molar-refractivity contribution < 1.29 is 46.2 Å². The number of carbonyl (C=O) groups is 3. The van der Waals surface area contributed by atoms with Gasteiger partial charge in [-0.05, 0) is 32.2 Å². The molecule has 0 unspecified atom stereocenters. The number of amides is 1. The predicted octanol–water partition coefficient (Wildman–Crippen LogP) is 0.676. The van der Waals surface area contributed by atoms with Gasteiger partial charge in [0.15, 0.2) is 0 Å². The van der Waals surface area contributed by atoms with Crippen LogP contribution >= 0.6 is 0 Å². The first-order chi connectivity index (χ1) is 17.6. The number of benzene rings is 1. The number of halogens is 3. The molecule has 0 radical (unpaired) electrons. The lowest BCUT2D eigenvalue weighted by atomic mass is 10.1. The van der Waals surface area contributed by atoms with Gasteiger partial charge in [-0.15, -0.1) is 0 Å². The fraction of sp³-hybridized carbons (Fsp3) is 0.591. The Morgan fingerprint density at radius 3 is 2.00 bits per heavy atom. The Hall–Kier alpha value is -3.11. The molecule has 0 atom stereocenters. The van der Waals surface area contributed by atoms with E-state index in [0.29, 0.717) is 32.7 Å². The van der Waals surface area contributed by atoms with E-state index >= 15 is 0 Å². The van der Waals surface area contributed by atoms with E-state index in [4.69, 9.17) is 9.90 Å². The van der Waals surface area contributed by atoms with Gasteiger partial charge in [-0.25, -0.2) is 18.0 Å². The number of aromatic carboxylic acids is 1. The summed E-state index contributed by atoms with van der Waals surface area (Å²) in [5.74, 6) is -3.93. The quantitative estimate of drug-likeness (QED) is 0.429. The maximum atomic E-state index is 12.6. The summed E-state index contributed by atoms with van der Waals surface area (Å²) in [6, 6.07) is 4.72. The van der Waals surface area contributed by atoms with Crippen molar-refractivity contribution in [2.45, 2.75) is 13.1 Å². The number of alkyl halides is 3. The number of aliphatic carboxylic acids is 1. The highest BCUT2D eigenvalue weighted by molar-refractivity contribution is 7.92. The van der Waals surface area contributed by atoms with Crippen molar-refractivity contribution in [1.29, 1.82) is 0 Å². The molecule has 16 heteroatoms. The Morgan fingerprint density at radius 1 is 0.974 bits per heavy atom. The lowest BCUT2D eigenvalue weighted by Gasteiger charge is -2.38. The molecular formula is C22H32F3N5O7S. The summed E-state index contributed by atoms with van der Waals surface area (Å²) >= 11 is 0. The summed E-state index contributed by atoms with van der Waals surface area (Å²) in [5.41, 5.74) is 0.707. The van der Waals surface area contributed by atoms with Gasteiger partial charge >= 0.3 is 18.1 Å². The van der Waals surface area contributed by atoms with Crippen LogP contribution in [0.2, 0.25) is 0 Å². The number of hydrogen-bond donors (Lipinski definition) is 3. The number of carboxylic acids is 2. The highest BCUT2D eigenvalue weighted by Crippen LogP contribution is 2.25. The maximum absolute atomic E-state index is 12.6. The first-order valence-electron chi connectivity index (χ1n) is 11.7. The van der Waals surface area contributed by atoms with E-state index in [1.165, 1.54) is 19.1 Å². The monoisotopic (exact) mass is 567 g/mol. The van der Waals surface area contributed by atoms with Gasteiger partial charge in [0.1, 0.15) is 0 Å². The number of carboxylic acid groups (broad SMARTS) is 2. The summed E-state index contributed by atoms with van der Waals surface area (Å²) in [7, 11) is -1.51. The molecule has 0 bridgehead atoms. The molecule has 2 heterocycles. The molecule has 2 fully saturated rings. The van der Waals surface area contributed by atoms with Gasteiger partial charge in [0.2, 0.25) is 15.9 Å². The average Bonchev–Trinajstić information content (AvgIpc) is 2.84. The smallest absolute Gasteiger partial charge is 0.478 e. The molecule has 0 spiro atoms. The van der Waals surface area contributed by atoms with Gasteiger partial charge in [0, 0.05) is 58.0 Å². The third kappa shape index (κ3) is 9.33. The summed E-state index contributed by atoms with van der Waals surface area (Å²) in [4.78, 5) is 41.4. The van der Waals surface area contributed by atoms with E-state index in [0.717, 1.165) is 31.9 Å². The van der Waals surface area contributed by atoms with Gasteiger partial charge in [-0.3, -0.25) is 14.4 Å². The number of sulfonamides is 1. The number of carbonyl (C=O) groups excluding carboxylic acids is 1. The number of likely N-dealkylation sites (N-methyl/N-ethyl adjacent to an activating group) is 1. The number of anilines is 2. The molecule has 1 amide bonds. The zero-order valence-electron chi connectivity index (χ0n) is 21.1. The topological polar surface area (TPSA) is 151 Å². The van der Waals surface area contributed by atoms with Crippen LogP contribution < -0.4 is 9.62 Å². The summed E-state index contributed by atoms with van der Waals surface area (Å²) < 4.78 is 57.7. The Labute approximate surface area is 218 Å². The van der Waals surface area contributed by atoms with Crippen LogP contribution in [0.15, 0.2) is 18.2 Å². The van der Waals surface area contributed by atoms with Gasteiger partial charge in [-0.2, -0.15) is 13.2 Å². The molecule has 12 nitrogen and oxygen atoms in total. The van der Waals surface area contributed by atoms with Crippen LogP contribution in [-0.2, 0) is 19.6 Å². The lowest BCUT2D eigenvalue weighted by molar-refractivity contribution is -0.192.